The Hall–Kier alpha value is -0.120. The Morgan fingerprint density at radius 1 is 0.275 bits per heavy atom. The fourth-order valence-corrected chi connectivity index (χ4v) is 6.03. The fourth-order valence-electron chi connectivity index (χ4n) is 6.03. The number of rotatable bonds is 35. The molecule has 0 saturated carbocycles. The summed E-state index contributed by atoms with van der Waals surface area (Å²) in [4.78, 5) is 5.31. The van der Waals surface area contributed by atoms with E-state index in [0.29, 0.717) is 6.61 Å². The summed E-state index contributed by atoms with van der Waals surface area (Å²) in [5, 5.41) is 9.66. The molecule has 0 aromatic rings. The maximum absolute atomic E-state index is 9.66. The molecule has 0 fully saturated rings. The smallest absolute Gasteiger partial charge is 0.0558 e. The van der Waals surface area contributed by atoms with E-state index in [4.69, 9.17) is 0 Å². The topological polar surface area (TPSA) is 26.7 Å². The Morgan fingerprint density at radius 2 is 0.500 bits per heavy atom. The zero-order chi connectivity index (χ0) is 29.2. The maximum Gasteiger partial charge on any atom is 0.0558 e. The SMILES string of the molecule is CCCCCCCCCCCCN(CCCCCCCCCCCC)CCN(CCO)CCCCCCCCC. The molecule has 0 aliphatic rings. The summed E-state index contributed by atoms with van der Waals surface area (Å²) in [6.45, 7) is 14.1. The molecular formula is C37H78N2O. The van der Waals surface area contributed by atoms with Crippen LogP contribution in [0.15, 0.2) is 0 Å². The molecule has 40 heavy (non-hydrogen) atoms. The summed E-state index contributed by atoms with van der Waals surface area (Å²) in [5.74, 6) is 0. The Morgan fingerprint density at radius 3 is 0.750 bits per heavy atom. The van der Waals surface area contributed by atoms with Crippen LogP contribution in [0.2, 0.25) is 0 Å². The standard InChI is InChI=1S/C37H78N2O/c1-4-7-10-13-16-18-20-23-26-28-31-38(32-29-27-24-21-19-17-14-11-8-5-2)34-35-39(36-37-40)33-30-25-22-15-12-9-6-3/h40H,4-37H2,1-3H3. The number of nitrogens with zero attached hydrogens (tertiary/aromatic N) is 2. The molecular weight excluding hydrogens is 488 g/mol. The van der Waals surface area contributed by atoms with E-state index in [1.807, 2.05) is 0 Å². The molecule has 0 unspecified atom stereocenters. The molecule has 0 aliphatic heterocycles. The van der Waals surface area contributed by atoms with Crippen molar-refractivity contribution in [3.05, 3.63) is 0 Å². The van der Waals surface area contributed by atoms with Gasteiger partial charge in [-0.2, -0.15) is 0 Å². The summed E-state index contributed by atoms with van der Waals surface area (Å²) < 4.78 is 0. The first-order valence-corrected chi connectivity index (χ1v) is 18.8. The third-order valence-corrected chi connectivity index (χ3v) is 8.88. The molecule has 0 radical (unpaired) electrons. The van der Waals surface area contributed by atoms with E-state index in [9.17, 15) is 5.11 Å². The van der Waals surface area contributed by atoms with Crippen molar-refractivity contribution in [2.24, 2.45) is 0 Å². The summed E-state index contributed by atoms with van der Waals surface area (Å²) in [7, 11) is 0. The third kappa shape index (κ3) is 30.8. The van der Waals surface area contributed by atoms with Crippen molar-refractivity contribution in [3.8, 4) is 0 Å². The number of aliphatic hydroxyl groups is 1. The molecule has 0 aliphatic carbocycles. The van der Waals surface area contributed by atoms with Crippen LogP contribution in [0, 0.1) is 0 Å². The molecule has 1 N–H and O–H groups in total. The largest absolute Gasteiger partial charge is 0.395 e. The van der Waals surface area contributed by atoms with Crippen LogP contribution in [0.25, 0.3) is 0 Å². The van der Waals surface area contributed by atoms with Gasteiger partial charge in [-0.25, -0.2) is 0 Å². The quantitative estimate of drug-likeness (QED) is 0.0773. The minimum Gasteiger partial charge on any atom is -0.395 e. The molecule has 242 valence electrons. The number of unbranched alkanes of at least 4 members (excludes halogenated alkanes) is 24. The van der Waals surface area contributed by atoms with E-state index in [-0.39, 0.29) is 0 Å². The molecule has 0 spiro atoms. The number of hydrogen-bond donors (Lipinski definition) is 1. The van der Waals surface area contributed by atoms with Crippen LogP contribution in [-0.4, -0.2) is 60.8 Å². The average Bonchev–Trinajstić information content (AvgIpc) is 2.96. The van der Waals surface area contributed by atoms with Crippen LogP contribution in [0.1, 0.15) is 194 Å². The van der Waals surface area contributed by atoms with Crippen LogP contribution in [-0.2, 0) is 0 Å². The first-order chi connectivity index (χ1) is 19.8. The monoisotopic (exact) mass is 567 g/mol. The Kier molecular flexibility index (Phi) is 35.0. The van der Waals surface area contributed by atoms with E-state index < -0.39 is 0 Å². The Bertz CT molecular complexity index is 420. The van der Waals surface area contributed by atoms with Crippen molar-refractivity contribution >= 4 is 0 Å². The van der Waals surface area contributed by atoms with E-state index >= 15 is 0 Å². The Labute approximate surface area is 254 Å². The van der Waals surface area contributed by atoms with Gasteiger partial charge < -0.3 is 10.0 Å². The van der Waals surface area contributed by atoms with E-state index in [1.54, 1.807) is 0 Å². The highest BCUT2D eigenvalue weighted by molar-refractivity contribution is 4.65. The van der Waals surface area contributed by atoms with Gasteiger partial charge in [0.05, 0.1) is 6.61 Å². The van der Waals surface area contributed by atoms with Gasteiger partial charge in [-0.05, 0) is 38.9 Å². The van der Waals surface area contributed by atoms with Gasteiger partial charge in [0, 0.05) is 19.6 Å². The highest BCUT2D eigenvalue weighted by Crippen LogP contribution is 2.13. The predicted octanol–water partition coefficient (Wildman–Crippen LogP) is 11.2. The minimum atomic E-state index is 0.299. The van der Waals surface area contributed by atoms with Gasteiger partial charge in [-0.3, -0.25) is 4.90 Å². The van der Waals surface area contributed by atoms with Crippen LogP contribution in [0.3, 0.4) is 0 Å². The summed E-state index contributed by atoms with van der Waals surface area (Å²) in [5.41, 5.74) is 0. The van der Waals surface area contributed by atoms with Crippen molar-refractivity contribution in [2.75, 3.05) is 45.9 Å². The van der Waals surface area contributed by atoms with Crippen LogP contribution in [0.5, 0.6) is 0 Å². The second kappa shape index (κ2) is 35.1. The first-order valence-electron chi connectivity index (χ1n) is 18.8. The van der Waals surface area contributed by atoms with Crippen molar-refractivity contribution in [3.63, 3.8) is 0 Å². The van der Waals surface area contributed by atoms with Gasteiger partial charge in [-0.15, -0.1) is 0 Å². The molecule has 0 aromatic heterocycles. The van der Waals surface area contributed by atoms with E-state index in [1.165, 1.54) is 200 Å². The lowest BCUT2D eigenvalue weighted by molar-refractivity contribution is 0.163. The molecule has 0 saturated heterocycles. The average molecular weight is 567 g/mol. The lowest BCUT2D eigenvalue weighted by Crippen LogP contribution is -2.38. The van der Waals surface area contributed by atoms with Crippen molar-refractivity contribution < 1.29 is 5.11 Å². The lowest BCUT2D eigenvalue weighted by atomic mass is 10.1. The molecule has 0 aromatic carbocycles. The second-order valence-corrected chi connectivity index (χ2v) is 12.9. The second-order valence-electron chi connectivity index (χ2n) is 12.9. The molecule has 3 nitrogen and oxygen atoms in total. The first kappa shape index (κ1) is 39.9. The molecule has 0 amide bonds. The minimum absolute atomic E-state index is 0.299. The number of hydrogen-bond acceptors (Lipinski definition) is 3. The molecule has 0 atom stereocenters. The van der Waals surface area contributed by atoms with E-state index in [0.717, 1.165) is 13.1 Å². The molecule has 0 rings (SSSR count). The van der Waals surface area contributed by atoms with Gasteiger partial charge in [0.15, 0.2) is 0 Å². The van der Waals surface area contributed by atoms with E-state index in [2.05, 4.69) is 30.6 Å². The van der Waals surface area contributed by atoms with Gasteiger partial charge >= 0.3 is 0 Å². The predicted molar refractivity (Wildman–Crippen MR) is 182 cm³/mol. The molecule has 0 bridgehead atoms. The van der Waals surface area contributed by atoms with Crippen molar-refractivity contribution in [1.29, 1.82) is 0 Å². The van der Waals surface area contributed by atoms with Crippen molar-refractivity contribution in [1.82, 2.24) is 9.80 Å². The van der Waals surface area contributed by atoms with Gasteiger partial charge in [0.2, 0.25) is 0 Å². The zero-order valence-electron chi connectivity index (χ0n) is 28.4. The summed E-state index contributed by atoms with van der Waals surface area (Å²) in [6.07, 6.45) is 38.0. The van der Waals surface area contributed by atoms with Gasteiger partial charge in [0.1, 0.15) is 0 Å². The third-order valence-electron chi connectivity index (χ3n) is 8.88. The molecule has 3 heteroatoms. The highest BCUT2D eigenvalue weighted by atomic mass is 16.3. The van der Waals surface area contributed by atoms with Crippen molar-refractivity contribution in [2.45, 2.75) is 194 Å². The van der Waals surface area contributed by atoms with Crippen LogP contribution in [0.4, 0.5) is 0 Å². The Balaban J connectivity index is 4.25. The van der Waals surface area contributed by atoms with Gasteiger partial charge in [0.25, 0.3) is 0 Å². The normalized spacial score (nSPS) is 11.8. The fraction of sp³-hybridized carbons (Fsp3) is 1.00. The lowest BCUT2D eigenvalue weighted by Gasteiger charge is -2.27. The maximum atomic E-state index is 9.66. The van der Waals surface area contributed by atoms with Gasteiger partial charge in [-0.1, -0.05) is 175 Å². The van der Waals surface area contributed by atoms with Crippen LogP contribution < -0.4 is 0 Å². The highest BCUT2D eigenvalue weighted by Gasteiger charge is 2.10. The zero-order valence-corrected chi connectivity index (χ0v) is 28.4. The summed E-state index contributed by atoms with van der Waals surface area (Å²) in [6, 6.07) is 0. The summed E-state index contributed by atoms with van der Waals surface area (Å²) >= 11 is 0. The molecule has 0 heterocycles. The van der Waals surface area contributed by atoms with Crippen LogP contribution >= 0.6 is 0 Å². The number of aliphatic hydroxyl groups excluding tert-OH is 1.